The van der Waals surface area contributed by atoms with Gasteiger partial charge in [0.25, 0.3) is 5.91 Å². The molecule has 1 heterocycles. The normalized spacial score (nSPS) is 15.2. The van der Waals surface area contributed by atoms with Crippen LogP contribution >= 0.6 is 0 Å². The van der Waals surface area contributed by atoms with Gasteiger partial charge in [-0.2, -0.15) is 5.10 Å². The van der Waals surface area contributed by atoms with Crippen molar-refractivity contribution < 1.29 is 14.6 Å². The van der Waals surface area contributed by atoms with Crippen molar-refractivity contribution in [3.8, 4) is 5.69 Å². The summed E-state index contributed by atoms with van der Waals surface area (Å²) >= 11 is 0. The van der Waals surface area contributed by atoms with E-state index in [1.165, 1.54) is 32.6 Å². The van der Waals surface area contributed by atoms with E-state index in [0.29, 0.717) is 18.0 Å². The number of carbonyl (C=O) groups excluding carboxylic acids is 1. The maximum Gasteiger partial charge on any atom is 0.256 e. The van der Waals surface area contributed by atoms with Crippen LogP contribution < -0.4 is 11.1 Å². The Labute approximate surface area is 147 Å². The number of benzene rings is 1. The van der Waals surface area contributed by atoms with Crippen molar-refractivity contribution in [2.75, 3.05) is 12.8 Å². The predicted octanol–water partition coefficient (Wildman–Crippen LogP) is 2.60. The third-order valence-corrected chi connectivity index (χ3v) is 4.52. The van der Waals surface area contributed by atoms with Crippen LogP contribution in [0.5, 0.6) is 0 Å². The van der Waals surface area contributed by atoms with Crippen LogP contribution in [0.3, 0.4) is 0 Å². The van der Waals surface area contributed by atoms with Crippen molar-refractivity contribution in [2.45, 2.75) is 44.8 Å². The molecule has 1 aliphatic carbocycles. The maximum absolute atomic E-state index is 12.5. The molecular formula is C18H24N4O3. The summed E-state index contributed by atoms with van der Waals surface area (Å²) in [7, 11) is 1.47. The average molecular weight is 344 g/mol. The van der Waals surface area contributed by atoms with Crippen LogP contribution in [0.2, 0.25) is 0 Å². The summed E-state index contributed by atoms with van der Waals surface area (Å²) < 4.78 is 1.57. The fourth-order valence-corrected chi connectivity index (χ4v) is 3.11. The molecule has 1 amide bonds. The molecule has 0 spiro atoms. The largest absolute Gasteiger partial charge is 0.383 e. The van der Waals surface area contributed by atoms with Gasteiger partial charge in [0.15, 0.2) is 0 Å². The molecule has 0 unspecified atom stereocenters. The number of nitrogens with two attached hydrogens (primary N) is 1. The van der Waals surface area contributed by atoms with Gasteiger partial charge in [-0.3, -0.25) is 4.79 Å². The minimum Gasteiger partial charge on any atom is -0.383 e. The lowest BCUT2D eigenvalue weighted by atomic mass is 9.95. The van der Waals surface area contributed by atoms with Crippen molar-refractivity contribution >= 4 is 11.7 Å². The number of carbonyl (C=O) groups is 1. The number of nitrogens with zero attached hydrogens (tertiary/aromatic N) is 2. The lowest BCUT2D eigenvalue weighted by Gasteiger charge is -2.22. The van der Waals surface area contributed by atoms with Crippen molar-refractivity contribution in [1.82, 2.24) is 15.1 Å². The Balaban J connectivity index is 1.70. The highest BCUT2D eigenvalue weighted by molar-refractivity contribution is 5.98. The molecule has 1 fully saturated rings. The molecule has 1 aromatic heterocycles. The quantitative estimate of drug-likeness (QED) is 0.621. The smallest absolute Gasteiger partial charge is 0.256 e. The Hall–Kier alpha value is -2.38. The molecule has 2 aromatic rings. The molecule has 1 saturated carbocycles. The van der Waals surface area contributed by atoms with Gasteiger partial charge in [0, 0.05) is 6.04 Å². The third-order valence-electron chi connectivity index (χ3n) is 4.52. The number of hydrogen-bond acceptors (Lipinski definition) is 5. The number of nitrogen functional groups attached to an aromatic ring is 1. The van der Waals surface area contributed by atoms with E-state index >= 15 is 0 Å². The lowest BCUT2D eigenvalue weighted by Crippen LogP contribution is -2.36. The van der Waals surface area contributed by atoms with E-state index in [1.54, 1.807) is 4.68 Å². The zero-order chi connectivity index (χ0) is 17.6. The van der Waals surface area contributed by atoms with E-state index in [1.807, 2.05) is 24.3 Å². The number of hydrogen-bond donors (Lipinski definition) is 2. The maximum atomic E-state index is 12.5. The number of amides is 1. The summed E-state index contributed by atoms with van der Waals surface area (Å²) in [6, 6.07) is 7.79. The fourth-order valence-electron chi connectivity index (χ4n) is 3.11. The van der Waals surface area contributed by atoms with Gasteiger partial charge < -0.3 is 11.1 Å². The highest BCUT2D eigenvalue weighted by Gasteiger charge is 2.20. The van der Waals surface area contributed by atoms with Crippen LogP contribution in [0.4, 0.5) is 5.82 Å². The molecule has 0 radical (unpaired) electrons. The topological polar surface area (TPSA) is 91.4 Å². The Morgan fingerprint density at radius 1 is 1.28 bits per heavy atom. The summed E-state index contributed by atoms with van der Waals surface area (Å²) in [6.45, 7) is 0.362. The molecule has 25 heavy (non-hydrogen) atoms. The van der Waals surface area contributed by atoms with Crippen molar-refractivity contribution in [3.05, 3.63) is 41.6 Å². The molecule has 7 heteroatoms. The minimum atomic E-state index is -0.152. The predicted molar refractivity (Wildman–Crippen MR) is 94.1 cm³/mol. The molecule has 3 rings (SSSR count). The molecule has 1 aromatic carbocycles. The van der Waals surface area contributed by atoms with Crippen LogP contribution in [0, 0.1) is 0 Å². The first-order valence-corrected chi connectivity index (χ1v) is 8.58. The van der Waals surface area contributed by atoms with Gasteiger partial charge in [0.05, 0.1) is 19.0 Å². The van der Waals surface area contributed by atoms with Gasteiger partial charge in [-0.25, -0.2) is 14.5 Å². The number of rotatable bonds is 6. The fraction of sp³-hybridized carbons (Fsp3) is 0.444. The van der Waals surface area contributed by atoms with Gasteiger partial charge in [-0.1, -0.05) is 31.4 Å². The Kier molecular flexibility index (Phi) is 5.67. The zero-order valence-corrected chi connectivity index (χ0v) is 14.4. The zero-order valence-electron chi connectivity index (χ0n) is 14.4. The number of nitrogens with one attached hydrogen (secondary N) is 1. The monoisotopic (exact) mass is 344 g/mol. The third kappa shape index (κ3) is 4.18. The molecule has 0 aliphatic heterocycles. The summed E-state index contributed by atoms with van der Waals surface area (Å²) in [6.07, 6.45) is 7.17. The first-order chi connectivity index (χ1) is 12.2. The van der Waals surface area contributed by atoms with Crippen LogP contribution in [0.1, 0.15) is 48.0 Å². The van der Waals surface area contributed by atoms with E-state index in [4.69, 9.17) is 10.6 Å². The molecule has 3 N–H and O–H groups in total. The Morgan fingerprint density at radius 3 is 2.68 bits per heavy atom. The van der Waals surface area contributed by atoms with Crippen molar-refractivity contribution in [2.24, 2.45) is 0 Å². The van der Waals surface area contributed by atoms with Crippen LogP contribution in [0.15, 0.2) is 30.5 Å². The van der Waals surface area contributed by atoms with Gasteiger partial charge >= 0.3 is 0 Å². The summed E-state index contributed by atoms with van der Waals surface area (Å²) in [5, 5.41) is 7.34. The van der Waals surface area contributed by atoms with E-state index in [0.717, 1.165) is 24.1 Å². The van der Waals surface area contributed by atoms with Crippen LogP contribution in [-0.4, -0.2) is 28.8 Å². The van der Waals surface area contributed by atoms with Gasteiger partial charge in [0.1, 0.15) is 18.0 Å². The van der Waals surface area contributed by atoms with E-state index < -0.39 is 0 Å². The first kappa shape index (κ1) is 17.4. The van der Waals surface area contributed by atoms with E-state index in [9.17, 15) is 4.79 Å². The first-order valence-electron chi connectivity index (χ1n) is 8.58. The van der Waals surface area contributed by atoms with Crippen molar-refractivity contribution in [3.63, 3.8) is 0 Å². The Morgan fingerprint density at radius 2 is 2.00 bits per heavy atom. The van der Waals surface area contributed by atoms with E-state index in [2.05, 4.69) is 15.3 Å². The molecule has 1 aliphatic rings. The SMILES string of the molecule is COOCc1ccc(-n2ncc(C(=O)NC3CCCCC3)c2N)cc1. The van der Waals surface area contributed by atoms with Crippen LogP contribution in [-0.2, 0) is 16.4 Å². The molecule has 0 atom stereocenters. The lowest BCUT2D eigenvalue weighted by molar-refractivity contribution is -0.282. The standard InChI is InChI=1S/C18H24N4O3/c1-24-25-12-13-7-9-15(10-8-13)22-17(19)16(11-20-22)18(23)21-14-5-3-2-4-6-14/h7-11,14H,2-6,12,19H2,1H3,(H,21,23). The van der Waals surface area contributed by atoms with Crippen LogP contribution in [0.25, 0.3) is 5.69 Å². The molecule has 0 bridgehead atoms. The minimum absolute atomic E-state index is 0.152. The second-order valence-electron chi connectivity index (χ2n) is 6.26. The highest BCUT2D eigenvalue weighted by Crippen LogP contribution is 2.21. The molecule has 0 saturated heterocycles. The second kappa shape index (κ2) is 8.13. The molecular weight excluding hydrogens is 320 g/mol. The molecule has 134 valence electrons. The van der Waals surface area contributed by atoms with E-state index in [-0.39, 0.29) is 11.9 Å². The van der Waals surface area contributed by atoms with Gasteiger partial charge in [0.2, 0.25) is 0 Å². The summed E-state index contributed by atoms with van der Waals surface area (Å²) in [5.74, 6) is 0.190. The van der Waals surface area contributed by atoms with Gasteiger partial charge in [-0.15, -0.1) is 0 Å². The second-order valence-corrected chi connectivity index (χ2v) is 6.26. The average Bonchev–Trinajstić information content (AvgIpc) is 3.03. The number of aromatic nitrogens is 2. The Bertz CT molecular complexity index is 706. The molecule has 7 nitrogen and oxygen atoms in total. The van der Waals surface area contributed by atoms with Crippen molar-refractivity contribution in [1.29, 1.82) is 0 Å². The summed E-state index contributed by atoms with van der Waals surface area (Å²) in [4.78, 5) is 22.0. The highest BCUT2D eigenvalue weighted by atomic mass is 17.2. The number of anilines is 1. The summed E-state index contributed by atoms with van der Waals surface area (Å²) in [5.41, 5.74) is 8.32. The van der Waals surface area contributed by atoms with Gasteiger partial charge in [-0.05, 0) is 30.5 Å².